The van der Waals surface area contributed by atoms with Crippen molar-refractivity contribution < 1.29 is 0 Å². The Labute approximate surface area is 81.5 Å². The van der Waals surface area contributed by atoms with E-state index in [0.717, 1.165) is 17.8 Å². The van der Waals surface area contributed by atoms with E-state index in [1.54, 1.807) is 0 Å². The molecule has 2 rings (SSSR count). The van der Waals surface area contributed by atoms with Crippen molar-refractivity contribution in [2.24, 2.45) is 17.8 Å². The lowest BCUT2D eigenvalue weighted by atomic mass is 9.56. The molecule has 4 atom stereocenters. The minimum Gasteiger partial charge on any atom is -0.302 e. The predicted molar refractivity (Wildman–Crippen MR) is 55.5 cm³/mol. The van der Waals surface area contributed by atoms with E-state index >= 15 is 0 Å². The molecule has 0 aromatic heterocycles. The number of nitrogens with one attached hydrogen (secondary N) is 2. The molecule has 0 aromatic carbocycles. The first-order valence-electron chi connectivity index (χ1n) is 5.70. The van der Waals surface area contributed by atoms with Crippen LogP contribution in [-0.2, 0) is 0 Å². The van der Waals surface area contributed by atoms with Crippen molar-refractivity contribution in [1.29, 1.82) is 0 Å². The van der Waals surface area contributed by atoms with Crippen molar-refractivity contribution in [3.05, 3.63) is 0 Å². The summed E-state index contributed by atoms with van der Waals surface area (Å²) in [6.07, 6.45) is 4.04. The highest BCUT2D eigenvalue weighted by Gasteiger charge is 2.60. The molecule has 4 unspecified atom stereocenters. The van der Waals surface area contributed by atoms with Gasteiger partial charge in [-0.25, -0.2) is 0 Å². The van der Waals surface area contributed by atoms with E-state index in [9.17, 15) is 0 Å². The van der Waals surface area contributed by atoms with Crippen LogP contribution in [0.5, 0.6) is 0 Å². The van der Waals surface area contributed by atoms with Crippen molar-refractivity contribution in [2.45, 2.75) is 38.8 Å². The molecule has 0 spiro atoms. The fourth-order valence-corrected chi connectivity index (χ4v) is 3.71. The van der Waals surface area contributed by atoms with Gasteiger partial charge in [0.15, 0.2) is 0 Å². The maximum Gasteiger partial charge on any atom is 0.0748 e. The molecule has 76 valence electrons. The standard InChI is InChI=1S/C11H22N2/c1-4-5-9-8(2)10-6-7-13-11(9,10)12-3/h8-10,12-13H,4-7H2,1-3H3. The van der Waals surface area contributed by atoms with E-state index in [-0.39, 0.29) is 0 Å². The van der Waals surface area contributed by atoms with Crippen molar-refractivity contribution >= 4 is 0 Å². The van der Waals surface area contributed by atoms with E-state index in [2.05, 4.69) is 31.5 Å². The minimum absolute atomic E-state index is 0.315. The normalized spacial score (nSPS) is 48.7. The average molecular weight is 182 g/mol. The number of hydrogen-bond donors (Lipinski definition) is 2. The smallest absolute Gasteiger partial charge is 0.0748 e. The van der Waals surface area contributed by atoms with Gasteiger partial charge in [-0.2, -0.15) is 0 Å². The summed E-state index contributed by atoms with van der Waals surface area (Å²) >= 11 is 0. The highest BCUT2D eigenvalue weighted by molar-refractivity contribution is 5.13. The maximum atomic E-state index is 3.67. The molecule has 0 amide bonds. The molecule has 2 N–H and O–H groups in total. The van der Waals surface area contributed by atoms with Crippen molar-refractivity contribution in [2.75, 3.05) is 13.6 Å². The molecule has 1 aliphatic heterocycles. The van der Waals surface area contributed by atoms with E-state index < -0.39 is 0 Å². The molecule has 0 radical (unpaired) electrons. The van der Waals surface area contributed by atoms with Gasteiger partial charge in [0.25, 0.3) is 0 Å². The quantitative estimate of drug-likeness (QED) is 0.692. The Morgan fingerprint density at radius 3 is 2.92 bits per heavy atom. The molecule has 1 saturated heterocycles. The molecule has 2 nitrogen and oxygen atoms in total. The summed E-state index contributed by atoms with van der Waals surface area (Å²) in [5.41, 5.74) is 0.315. The van der Waals surface area contributed by atoms with E-state index in [1.807, 2.05) is 0 Å². The molecule has 1 aliphatic carbocycles. The Morgan fingerprint density at radius 2 is 2.31 bits per heavy atom. The first-order valence-corrected chi connectivity index (χ1v) is 5.70. The van der Waals surface area contributed by atoms with Gasteiger partial charge >= 0.3 is 0 Å². The summed E-state index contributed by atoms with van der Waals surface area (Å²) in [4.78, 5) is 0. The largest absolute Gasteiger partial charge is 0.302 e. The van der Waals surface area contributed by atoms with Crippen LogP contribution in [0.2, 0.25) is 0 Å². The van der Waals surface area contributed by atoms with Crippen LogP contribution in [0.4, 0.5) is 0 Å². The number of fused-ring (bicyclic) bond motifs is 1. The summed E-state index contributed by atoms with van der Waals surface area (Å²) in [7, 11) is 2.11. The van der Waals surface area contributed by atoms with Crippen LogP contribution in [0.1, 0.15) is 33.1 Å². The van der Waals surface area contributed by atoms with Crippen molar-refractivity contribution in [3.63, 3.8) is 0 Å². The highest BCUT2D eigenvalue weighted by atomic mass is 15.2. The Hall–Kier alpha value is -0.0800. The van der Waals surface area contributed by atoms with Gasteiger partial charge in [0.2, 0.25) is 0 Å². The lowest BCUT2D eigenvalue weighted by molar-refractivity contribution is -0.0584. The third-order valence-electron chi connectivity index (χ3n) is 4.33. The lowest BCUT2D eigenvalue weighted by Crippen LogP contribution is -2.71. The maximum absolute atomic E-state index is 3.67. The Balaban J connectivity index is 2.10. The number of hydrogen-bond acceptors (Lipinski definition) is 2. The van der Waals surface area contributed by atoms with E-state index in [0.29, 0.717) is 5.66 Å². The summed E-state index contributed by atoms with van der Waals surface area (Å²) in [6, 6.07) is 0. The van der Waals surface area contributed by atoms with Gasteiger partial charge < -0.3 is 5.32 Å². The van der Waals surface area contributed by atoms with Crippen molar-refractivity contribution in [1.82, 2.24) is 10.6 Å². The zero-order valence-corrected chi connectivity index (χ0v) is 9.06. The topological polar surface area (TPSA) is 24.1 Å². The van der Waals surface area contributed by atoms with Crippen LogP contribution in [-0.4, -0.2) is 19.3 Å². The molecule has 2 aliphatic rings. The number of rotatable bonds is 3. The molecule has 0 aromatic rings. The van der Waals surface area contributed by atoms with Crippen molar-refractivity contribution in [3.8, 4) is 0 Å². The third-order valence-corrected chi connectivity index (χ3v) is 4.33. The van der Waals surface area contributed by atoms with Gasteiger partial charge in [-0.15, -0.1) is 0 Å². The second kappa shape index (κ2) is 3.25. The summed E-state index contributed by atoms with van der Waals surface area (Å²) < 4.78 is 0. The first kappa shape index (κ1) is 9.47. The van der Waals surface area contributed by atoms with Crippen LogP contribution < -0.4 is 10.6 Å². The Morgan fingerprint density at radius 1 is 1.54 bits per heavy atom. The first-order chi connectivity index (χ1) is 6.26. The molecule has 13 heavy (non-hydrogen) atoms. The third kappa shape index (κ3) is 1.08. The second-order valence-corrected chi connectivity index (χ2v) is 4.70. The molecule has 1 saturated carbocycles. The molecule has 1 heterocycles. The molecular weight excluding hydrogens is 160 g/mol. The Bertz CT molecular complexity index is 193. The summed E-state index contributed by atoms with van der Waals surface area (Å²) in [5, 5.41) is 7.20. The Kier molecular flexibility index (Phi) is 2.37. The van der Waals surface area contributed by atoms with Crippen LogP contribution in [0.25, 0.3) is 0 Å². The van der Waals surface area contributed by atoms with E-state index in [4.69, 9.17) is 0 Å². The molecule has 2 fully saturated rings. The van der Waals surface area contributed by atoms with Crippen LogP contribution in [0, 0.1) is 17.8 Å². The van der Waals surface area contributed by atoms with Crippen LogP contribution in [0.3, 0.4) is 0 Å². The van der Waals surface area contributed by atoms with Gasteiger partial charge in [0.05, 0.1) is 5.66 Å². The molecule has 0 bridgehead atoms. The highest BCUT2D eigenvalue weighted by Crippen LogP contribution is 2.53. The van der Waals surface area contributed by atoms with Gasteiger partial charge in [0.1, 0.15) is 0 Å². The zero-order valence-electron chi connectivity index (χ0n) is 9.06. The lowest BCUT2D eigenvalue weighted by Gasteiger charge is -2.57. The second-order valence-electron chi connectivity index (χ2n) is 4.70. The van der Waals surface area contributed by atoms with Crippen LogP contribution >= 0.6 is 0 Å². The van der Waals surface area contributed by atoms with E-state index in [1.165, 1.54) is 25.8 Å². The van der Waals surface area contributed by atoms with Gasteiger partial charge in [0, 0.05) is 0 Å². The summed E-state index contributed by atoms with van der Waals surface area (Å²) in [6.45, 7) is 5.92. The zero-order chi connectivity index (χ0) is 9.47. The minimum atomic E-state index is 0.315. The average Bonchev–Trinajstić information content (AvgIpc) is 2.54. The molecular formula is C11H22N2. The SMILES string of the molecule is CCCC1C(C)C2CCNC12NC. The van der Waals surface area contributed by atoms with Gasteiger partial charge in [-0.1, -0.05) is 20.3 Å². The fraction of sp³-hybridized carbons (Fsp3) is 1.00. The van der Waals surface area contributed by atoms with Gasteiger partial charge in [-0.05, 0) is 44.2 Å². The predicted octanol–water partition coefficient (Wildman–Crippen LogP) is 1.58. The fourth-order valence-electron chi connectivity index (χ4n) is 3.71. The summed E-state index contributed by atoms with van der Waals surface area (Å²) in [5.74, 6) is 2.66. The van der Waals surface area contributed by atoms with Gasteiger partial charge in [-0.3, -0.25) is 5.32 Å². The molecule has 2 heteroatoms. The monoisotopic (exact) mass is 182 g/mol. The van der Waals surface area contributed by atoms with Crippen LogP contribution in [0.15, 0.2) is 0 Å².